The maximum Gasteiger partial charge on any atom is 0.490 e. The molecule has 4 rings (SSSR count). The molecular formula is C24H25F6N3O6. The maximum absolute atomic E-state index is 12.6. The van der Waals surface area contributed by atoms with Gasteiger partial charge < -0.3 is 20.3 Å². The normalized spacial score (nSPS) is 20.5. The van der Waals surface area contributed by atoms with Crippen molar-refractivity contribution in [3.05, 3.63) is 66.0 Å². The van der Waals surface area contributed by atoms with Crippen LogP contribution in [0.2, 0.25) is 0 Å². The molecule has 1 aromatic heterocycles. The molecule has 3 N–H and O–H groups in total. The number of halogens is 6. The molecule has 0 saturated carbocycles. The molecule has 0 radical (unpaired) electrons. The summed E-state index contributed by atoms with van der Waals surface area (Å²) in [6, 6.07) is 14.1. The van der Waals surface area contributed by atoms with Crippen molar-refractivity contribution in [2.24, 2.45) is 5.92 Å². The molecule has 39 heavy (non-hydrogen) atoms. The highest BCUT2D eigenvalue weighted by Crippen LogP contribution is 2.32. The molecule has 2 aliphatic heterocycles. The van der Waals surface area contributed by atoms with Gasteiger partial charge in [0.2, 0.25) is 5.91 Å². The van der Waals surface area contributed by atoms with E-state index in [1.54, 1.807) is 0 Å². The Morgan fingerprint density at radius 3 is 1.95 bits per heavy atom. The summed E-state index contributed by atoms with van der Waals surface area (Å²) in [5.74, 6) is -5.45. The van der Waals surface area contributed by atoms with Gasteiger partial charge in [-0.15, -0.1) is 0 Å². The number of benzene rings is 1. The van der Waals surface area contributed by atoms with Gasteiger partial charge in [-0.3, -0.25) is 14.7 Å². The van der Waals surface area contributed by atoms with E-state index in [1.165, 1.54) is 5.56 Å². The van der Waals surface area contributed by atoms with Crippen LogP contribution in [0.3, 0.4) is 0 Å². The summed E-state index contributed by atoms with van der Waals surface area (Å²) in [6.45, 7) is 3.16. The number of likely N-dealkylation sites (tertiary alicyclic amines) is 1. The lowest BCUT2D eigenvalue weighted by atomic mass is 9.99. The zero-order chi connectivity index (χ0) is 29.2. The molecule has 9 nitrogen and oxygen atoms in total. The number of carboxylic acid groups (broad SMARTS) is 2. The van der Waals surface area contributed by atoms with Crippen molar-refractivity contribution < 1.29 is 55.7 Å². The first-order valence-corrected chi connectivity index (χ1v) is 11.4. The number of hydrogen-bond donors (Lipinski definition) is 3. The van der Waals surface area contributed by atoms with Crippen LogP contribution < -0.4 is 5.32 Å². The molecule has 3 atom stereocenters. The number of pyridine rings is 1. The number of fused-ring (bicyclic) bond motifs is 2. The molecule has 3 heterocycles. The SMILES string of the molecule is O=C(NCc1ccccc1)C1CC2CN(Cc3ccncc3)CC1O2.O=C(O)C(F)(F)F.O=C(O)C(F)(F)F. The van der Waals surface area contributed by atoms with E-state index in [-0.39, 0.29) is 24.0 Å². The van der Waals surface area contributed by atoms with Crippen LogP contribution >= 0.6 is 0 Å². The number of morpholine rings is 1. The summed E-state index contributed by atoms with van der Waals surface area (Å²) in [4.78, 5) is 36.9. The summed E-state index contributed by atoms with van der Waals surface area (Å²) < 4.78 is 69.5. The van der Waals surface area contributed by atoms with Crippen LogP contribution in [0, 0.1) is 5.92 Å². The first kappa shape index (κ1) is 31.5. The lowest BCUT2D eigenvalue weighted by Gasteiger charge is -2.32. The minimum atomic E-state index is -5.08. The van der Waals surface area contributed by atoms with Gasteiger partial charge in [0.1, 0.15) is 0 Å². The zero-order valence-electron chi connectivity index (χ0n) is 20.2. The molecule has 1 amide bonds. The Kier molecular flexibility index (Phi) is 11.2. The molecule has 3 unspecified atom stereocenters. The second-order valence-corrected chi connectivity index (χ2v) is 8.50. The van der Waals surface area contributed by atoms with Crippen LogP contribution in [-0.2, 0) is 32.2 Å². The Bertz CT molecular complexity index is 1060. The Labute approximate surface area is 218 Å². The highest BCUT2D eigenvalue weighted by atomic mass is 19.4. The number of rotatable bonds is 5. The van der Waals surface area contributed by atoms with E-state index >= 15 is 0 Å². The Morgan fingerprint density at radius 1 is 0.897 bits per heavy atom. The van der Waals surface area contributed by atoms with Crippen LogP contribution in [0.1, 0.15) is 17.5 Å². The number of amides is 1. The van der Waals surface area contributed by atoms with Gasteiger partial charge in [0.15, 0.2) is 0 Å². The summed E-state index contributed by atoms with van der Waals surface area (Å²) in [5.41, 5.74) is 2.37. The van der Waals surface area contributed by atoms with Gasteiger partial charge >= 0.3 is 24.3 Å². The summed E-state index contributed by atoms with van der Waals surface area (Å²) in [6.07, 6.45) is -5.54. The van der Waals surface area contributed by atoms with Crippen molar-refractivity contribution in [3.8, 4) is 0 Å². The van der Waals surface area contributed by atoms with Crippen molar-refractivity contribution in [2.75, 3.05) is 13.1 Å². The predicted octanol–water partition coefficient (Wildman–Crippen LogP) is 3.25. The maximum atomic E-state index is 12.6. The number of nitrogens with zero attached hydrogens (tertiary/aromatic N) is 2. The Hall–Kier alpha value is -3.72. The Morgan fingerprint density at radius 2 is 1.44 bits per heavy atom. The molecule has 0 spiro atoms. The van der Waals surface area contributed by atoms with E-state index in [4.69, 9.17) is 24.5 Å². The van der Waals surface area contributed by atoms with Crippen molar-refractivity contribution in [1.29, 1.82) is 0 Å². The summed E-state index contributed by atoms with van der Waals surface area (Å²) >= 11 is 0. The topological polar surface area (TPSA) is 129 Å². The molecule has 15 heteroatoms. The third-order valence-corrected chi connectivity index (χ3v) is 5.52. The second-order valence-electron chi connectivity index (χ2n) is 8.50. The number of aliphatic carboxylic acids is 2. The second kappa shape index (κ2) is 13.9. The molecule has 2 saturated heterocycles. The van der Waals surface area contributed by atoms with Crippen LogP contribution in [0.4, 0.5) is 26.3 Å². The number of carbonyl (C=O) groups is 3. The van der Waals surface area contributed by atoms with Crippen LogP contribution in [0.5, 0.6) is 0 Å². The first-order valence-electron chi connectivity index (χ1n) is 11.4. The van der Waals surface area contributed by atoms with Crippen molar-refractivity contribution >= 4 is 17.8 Å². The van der Waals surface area contributed by atoms with Gasteiger partial charge in [-0.2, -0.15) is 26.3 Å². The zero-order valence-corrected chi connectivity index (χ0v) is 20.2. The number of aromatic nitrogens is 1. The van der Waals surface area contributed by atoms with E-state index < -0.39 is 24.3 Å². The van der Waals surface area contributed by atoms with Crippen molar-refractivity contribution in [1.82, 2.24) is 15.2 Å². The van der Waals surface area contributed by atoms with E-state index in [0.717, 1.165) is 31.6 Å². The molecule has 1 aromatic carbocycles. The van der Waals surface area contributed by atoms with E-state index in [0.29, 0.717) is 6.54 Å². The predicted molar refractivity (Wildman–Crippen MR) is 122 cm³/mol. The molecule has 2 bridgehead atoms. The lowest BCUT2D eigenvalue weighted by Crippen LogP contribution is -2.44. The largest absolute Gasteiger partial charge is 0.490 e. The van der Waals surface area contributed by atoms with E-state index in [9.17, 15) is 31.1 Å². The summed E-state index contributed by atoms with van der Waals surface area (Å²) in [7, 11) is 0. The number of ether oxygens (including phenoxy) is 1. The van der Waals surface area contributed by atoms with Gasteiger partial charge in [-0.1, -0.05) is 30.3 Å². The molecular weight excluding hydrogens is 540 g/mol. The van der Waals surface area contributed by atoms with Crippen LogP contribution in [0.25, 0.3) is 0 Å². The van der Waals surface area contributed by atoms with Gasteiger partial charge in [0, 0.05) is 38.6 Å². The van der Waals surface area contributed by atoms with Crippen LogP contribution in [0.15, 0.2) is 54.9 Å². The number of alkyl halides is 6. The number of carboxylic acids is 2. The minimum absolute atomic E-state index is 0.00337. The quantitative estimate of drug-likeness (QED) is 0.472. The smallest absolute Gasteiger partial charge is 0.475 e. The van der Waals surface area contributed by atoms with Crippen molar-refractivity contribution in [2.45, 2.75) is 44.1 Å². The number of hydrogen-bond acceptors (Lipinski definition) is 6. The fourth-order valence-electron chi connectivity index (χ4n) is 3.80. The van der Waals surface area contributed by atoms with E-state index in [1.807, 2.05) is 54.9 Å². The third kappa shape index (κ3) is 10.9. The van der Waals surface area contributed by atoms with E-state index in [2.05, 4.69) is 15.2 Å². The first-order chi connectivity index (χ1) is 18.2. The highest BCUT2D eigenvalue weighted by Gasteiger charge is 2.44. The van der Waals surface area contributed by atoms with Gasteiger partial charge in [-0.25, -0.2) is 9.59 Å². The molecule has 2 aliphatic rings. The van der Waals surface area contributed by atoms with Gasteiger partial charge in [0.05, 0.1) is 18.1 Å². The summed E-state index contributed by atoms with van der Waals surface area (Å²) in [5, 5.41) is 17.3. The van der Waals surface area contributed by atoms with Gasteiger partial charge in [-0.05, 0) is 29.7 Å². The van der Waals surface area contributed by atoms with Crippen LogP contribution in [-0.4, -0.2) is 75.6 Å². The molecule has 2 fully saturated rings. The standard InChI is InChI=1S/C20H23N3O2.2C2HF3O2/c24-20(22-11-15-4-2-1-3-5-15)18-10-17-13-23(14-19(18)25-17)12-16-6-8-21-9-7-16;2*3-2(4,5)1(6)7/h1-9,17-19H,10-14H2,(H,22,24);2*(H,6,7). The number of carbonyl (C=O) groups excluding carboxylic acids is 1. The number of nitrogens with one attached hydrogen (secondary N) is 1. The van der Waals surface area contributed by atoms with Crippen molar-refractivity contribution in [3.63, 3.8) is 0 Å². The average molecular weight is 565 g/mol. The highest BCUT2D eigenvalue weighted by molar-refractivity contribution is 5.79. The fraction of sp³-hybridized carbons (Fsp3) is 0.417. The van der Waals surface area contributed by atoms with Gasteiger partial charge in [0.25, 0.3) is 0 Å². The third-order valence-electron chi connectivity index (χ3n) is 5.52. The molecule has 0 aliphatic carbocycles. The molecule has 214 valence electrons. The lowest BCUT2D eigenvalue weighted by molar-refractivity contribution is -0.193. The fourth-order valence-corrected chi connectivity index (χ4v) is 3.80. The monoisotopic (exact) mass is 565 g/mol. The Balaban J connectivity index is 0.000000317. The average Bonchev–Trinajstić information content (AvgIpc) is 3.17. The minimum Gasteiger partial charge on any atom is -0.475 e. The molecule has 2 aromatic rings.